The second-order valence-electron chi connectivity index (χ2n) is 3.18. The van der Waals surface area contributed by atoms with Crippen LogP contribution < -0.4 is 0 Å². The average molecular weight is 178 g/mol. The Kier molecular flexibility index (Phi) is 1.96. The molecule has 13 heavy (non-hydrogen) atoms. The van der Waals surface area contributed by atoms with Gasteiger partial charge in [-0.25, -0.2) is 15.0 Å². The molecule has 0 aliphatic rings. The third kappa shape index (κ3) is 1.39. The second kappa shape index (κ2) is 3.12. The Balaban J connectivity index is 0.000000980. The first-order chi connectivity index (χ1) is 6.31. The van der Waals surface area contributed by atoms with Crippen LogP contribution in [0, 0.1) is 0 Å². The third-order valence-corrected chi connectivity index (χ3v) is 2.25. The largest absolute Gasteiger partial charge is 0.342 e. The fourth-order valence-corrected chi connectivity index (χ4v) is 1.17. The van der Waals surface area contributed by atoms with Gasteiger partial charge in [-0.3, -0.25) is 0 Å². The van der Waals surface area contributed by atoms with Crippen molar-refractivity contribution in [3.63, 3.8) is 0 Å². The predicted octanol–water partition coefficient (Wildman–Crippen LogP) is 2.11. The number of aromatic amines is 1. The van der Waals surface area contributed by atoms with Gasteiger partial charge in [-0.15, -0.1) is 0 Å². The molecule has 2 aromatic rings. The standard InChI is InChI=1S/C9H12N4.H2/c1-3-6(2)8-10-4-7-9(13-8)12-5-11-7;/h4-6H,3H2,1-2H3,(H,10,11,12,13);1H. The van der Waals surface area contributed by atoms with Gasteiger partial charge in [0.1, 0.15) is 11.3 Å². The molecule has 1 unspecified atom stereocenters. The van der Waals surface area contributed by atoms with Crippen molar-refractivity contribution < 1.29 is 1.43 Å². The van der Waals surface area contributed by atoms with E-state index in [1.165, 1.54) is 0 Å². The summed E-state index contributed by atoms with van der Waals surface area (Å²) in [6.07, 6.45) is 4.48. The molecule has 0 aliphatic carbocycles. The zero-order chi connectivity index (χ0) is 9.26. The highest BCUT2D eigenvalue weighted by molar-refractivity contribution is 5.68. The fraction of sp³-hybridized carbons (Fsp3) is 0.444. The molecule has 4 nitrogen and oxygen atoms in total. The number of aromatic nitrogens is 4. The molecule has 0 amide bonds. The van der Waals surface area contributed by atoms with Crippen molar-refractivity contribution >= 4 is 11.2 Å². The summed E-state index contributed by atoms with van der Waals surface area (Å²) in [7, 11) is 0. The predicted molar refractivity (Wildman–Crippen MR) is 52.5 cm³/mol. The molecule has 0 radical (unpaired) electrons. The normalized spacial score (nSPS) is 13.4. The van der Waals surface area contributed by atoms with Crippen molar-refractivity contribution in [2.75, 3.05) is 0 Å². The number of nitrogens with zero attached hydrogens (tertiary/aromatic N) is 3. The fourth-order valence-electron chi connectivity index (χ4n) is 1.17. The molecule has 0 aromatic carbocycles. The van der Waals surface area contributed by atoms with Crippen molar-refractivity contribution in [3.05, 3.63) is 18.3 Å². The molecule has 2 rings (SSSR count). The van der Waals surface area contributed by atoms with Crippen molar-refractivity contribution in [1.82, 2.24) is 19.9 Å². The van der Waals surface area contributed by atoms with Crippen LogP contribution in [0.25, 0.3) is 11.2 Å². The summed E-state index contributed by atoms with van der Waals surface area (Å²) >= 11 is 0. The maximum atomic E-state index is 4.35. The van der Waals surface area contributed by atoms with E-state index >= 15 is 0 Å². The maximum Gasteiger partial charge on any atom is 0.180 e. The zero-order valence-electron chi connectivity index (χ0n) is 7.78. The Morgan fingerprint density at radius 1 is 1.54 bits per heavy atom. The molecule has 0 saturated carbocycles. The van der Waals surface area contributed by atoms with Crippen molar-refractivity contribution in [2.24, 2.45) is 0 Å². The van der Waals surface area contributed by atoms with Crippen LogP contribution in [0.15, 0.2) is 12.5 Å². The van der Waals surface area contributed by atoms with E-state index in [1.54, 1.807) is 12.5 Å². The Hall–Kier alpha value is -1.45. The molecule has 1 atom stereocenters. The second-order valence-corrected chi connectivity index (χ2v) is 3.18. The van der Waals surface area contributed by atoms with Crippen LogP contribution in [0.4, 0.5) is 0 Å². The molecule has 70 valence electrons. The Labute approximate surface area is 77.9 Å². The lowest BCUT2D eigenvalue weighted by Crippen LogP contribution is -1.99. The monoisotopic (exact) mass is 178 g/mol. The first-order valence-corrected chi connectivity index (χ1v) is 4.47. The summed E-state index contributed by atoms with van der Waals surface area (Å²) in [6, 6.07) is 0. The highest BCUT2D eigenvalue weighted by Gasteiger charge is 2.07. The zero-order valence-corrected chi connectivity index (χ0v) is 7.78. The molecular weight excluding hydrogens is 164 g/mol. The summed E-state index contributed by atoms with van der Waals surface area (Å²) in [4.78, 5) is 15.7. The van der Waals surface area contributed by atoms with Crippen LogP contribution in [0.3, 0.4) is 0 Å². The van der Waals surface area contributed by atoms with Crippen LogP contribution in [-0.2, 0) is 0 Å². The molecule has 0 saturated heterocycles. The van der Waals surface area contributed by atoms with Crippen LogP contribution in [0.5, 0.6) is 0 Å². The average Bonchev–Trinajstić information content (AvgIpc) is 2.63. The van der Waals surface area contributed by atoms with E-state index < -0.39 is 0 Å². The smallest absolute Gasteiger partial charge is 0.180 e. The molecule has 2 aromatic heterocycles. The molecule has 0 spiro atoms. The van der Waals surface area contributed by atoms with Gasteiger partial charge < -0.3 is 4.98 Å². The van der Waals surface area contributed by atoms with E-state index in [-0.39, 0.29) is 1.43 Å². The van der Waals surface area contributed by atoms with E-state index in [0.29, 0.717) is 5.92 Å². The lowest BCUT2D eigenvalue weighted by molar-refractivity contribution is 0.682. The molecule has 0 bridgehead atoms. The summed E-state index contributed by atoms with van der Waals surface area (Å²) in [6.45, 7) is 4.25. The number of rotatable bonds is 2. The molecule has 4 heteroatoms. The van der Waals surface area contributed by atoms with Gasteiger partial charge in [0.25, 0.3) is 0 Å². The van der Waals surface area contributed by atoms with Gasteiger partial charge in [0, 0.05) is 7.34 Å². The van der Waals surface area contributed by atoms with Gasteiger partial charge in [0.2, 0.25) is 0 Å². The molecule has 1 N–H and O–H groups in total. The lowest BCUT2D eigenvalue weighted by atomic mass is 10.1. The van der Waals surface area contributed by atoms with Crippen molar-refractivity contribution in [1.29, 1.82) is 0 Å². The van der Waals surface area contributed by atoms with Gasteiger partial charge >= 0.3 is 0 Å². The van der Waals surface area contributed by atoms with Gasteiger partial charge in [-0.1, -0.05) is 13.8 Å². The van der Waals surface area contributed by atoms with E-state index in [4.69, 9.17) is 0 Å². The number of imidazole rings is 1. The Morgan fingerprint density at radius 2 is 2.38 bits per heavy atom. The van der Waals surface area contributed by atoms with Crippen molar-refractivity contribution in [2.45, 2.75) is 26.2 Å². The van der Waals surface area contributed by atoms with Crippen molar-refractivity contribution in [3.8, 4) is 0 Å². The molecule has 2 heterocycles. The minimum atomic E-state index is 0. The van der Waals surface area contributed by atoms with Gasteiger partial charge in [0.05, 0.1) is 12.5 Å². The molecule has 0 fully saturated rings. The number of hydrogen-bond acceptors (Lipinski definition) is 3. The molecule has 0 aliphatic heterocycles. The Morgan fingerprint density at radius 3 is 3.15 bits per heavy atom. The van der Waals surface area contributed by atoms with E-state index in [9.17, 15) is 0 Å². The topological polar surface area (TPSA) is 54.5 Å². The number of H-pyrrole nitrogens is 1. The number of hydrogen-bond donors (Lipinski definition) is 1. The van der Waals surface area contributed by atoms with Gasteiger partial charge in [0.15, 0.2) is 5.65 Å². The van der Waals surface area contributed by atoms with Crippen LogP contribution >= 0.6 is 0 Å². The summed E-state index contributed by atoms with van der Waals surface area (Å²) in [5.74, 6) is 1.28. The third-order valence-electron chi connectivity index (χ3n) is 2.25. The van der Waals surface area contributed by atoms with Crippen LogP contribution in [0.1, 0.15) is 33.4 Å². The first-order valence-electron chi connectivity index (χ1n) is 4.47. The summed E-state index contributed by atoms with van der Waals surface area (Å²) in [5.41, 5.74) is 1.65. The maximum absolute atomic E-state index is 4.35. The SMILES string of the molecule is CCC(C)c1ncc2[nH]cnc2n1.[HH]. The van der Waals surface area contributed by atoms with E-state index in [1.807, 2.05) is 0 Å². The number of nitrogens with one attached hydrogen (secondary N) is 1. The number of fused-ring (bicyclic) bond motifs is 1. The summed E-state index contributed by atoms with van der Waals surface area (Å²) in [5, 5.41) is 0. The minimum Gasteiger partial charge on any atom is -0.342 e. The Bertz CT molecular complexity index is 412. The lowest BCUT2D eigenvalue weighted by Gasteiger charge is -2.04. The summed E-state index contributed by atoms with van der Waals surface area (Å²) < 4.78 is 0. The quantitative estimate of drug-likeness (QED) is 0.766. The highest BCUT2D eigenvalue weighted by Crippen LogP contribution is 2.15. The molecular formula is C9H14N4. The van der Waals surface area contributed by atoms with Gasteiger partial charge in [-0.2, -0.15) is 0 Å². The highest BCUT2D eigenvalue weighted by atomic mass is 15.0. The van der Waals surface area contributed by atoms with E-state index in [0.717, 1.165) is 23.4 Å². The van der Waals surface area contributed by atoms with Gasteiger partial charge in [-0.05, 0) is 6.42 Å². The van der Waals surface area contributed by atoms with Crippen LogP contribution in [0.2, 0.25) is 0 Å². The van der Waals surface area contributed by atoms with E-state index in [2.05, 4.69) is 33.8 Å². The first kappa shape index (κ1) is 8.16. The minimum absolute atomic E-state index is 0. The van der Waals surface area contributed by atoms with Crippen LogP contribution in [-0.4, -0.2) is 19.9 Å².